The Labute approximate surface area is 155 Å². The number of pyridine rings is 3. The number of nitrogens with zero attached hydrogens (tertiary/aromatic N) is 3. The zero-order valence-corrected chi connectivity index (χ0v) is 14.5. The number of hydrogen-bond donors (Lipinski definition) is 2. The van der Waals surface area contributed by atoms with Gasteiger partial charge in [-0.15, -0.1) is 0 Å². The molecule has 0 aliphatic heterocycles. The molecule has 5 rings (SSSR count). The van der Waals surface area contributed by atoms with Gasteiger partial charge in [-0.25, -0.2) is 14.4 Å². The van der Waals surface area contributed by atoms with Crippen molar-refractivity contribution in [1.82, 2.24) is 15.0 Å². The monoisotopic (exact) mass is 363 g/mol. The van der Waals surface area contributed by atoms with E-state index in [1.807, 2.05) is 18.3 Å². The highest BCUT2D eigenvalue weighted by atomic mass is 19.1. The molecule has 136 valence electrons. The van der Waals surface area contributed by atoms with Gasteiger partial charge in [-0.2, -0.15) is 0 Å². The molecule has 1 amide bonds. The Morgan fingerprint density at radius 3 is 2.81 bits per heavy atom. The quantitative estimate of drug-likeness (QED) is 0.740. The Morgan fingerprint density at radius 2 is 2.07 bits per heavy atom. The van der Waals surface area contributed by atoms with Crippen LogP contribution in [0, 0.1) is 5.92 Å². The van der Waals surface area contributed by atoms with Crippen LogP contribution >= 0.6 is 0 Å². The molecule has 2 aliphatic carbocycles. The van der Waals surface area contributed by atoms with Crippen LogP contribution in [0.3, 0.4) is 0 Å². The number of aromatic nitrogens is 3. The van der Waals surface area contributed by atoms with Crippen LogP contribution in [-0.4, -0.2) is 27.0 Å². The predicted octanol–water partition coefficient (Wildman–Crippen LogP) is 3.45. The van der Waals surface area contributed by atoms with Crippen LogP contribution in [0.15, 0.2) is 36.8 Å². The van der Waals surface area contributed by atoms with Crippen molar-refractivity contribution in [2.75, 3.05) is 11.1 Å². The van der Waals surface area contributed by atoms with E-state index >= 15 is 0 Å². The minimum absolute atomic E-state index is 0.283. The highest BCUT2D eigenvalue weighted by molar-refractivity contribution is 5.98. The third kappa shape index (κ3) is 2.99. The molecule has 0 radical (unpaired) electrons. The van der Waals surface area contributed by atoms with Crippen LogP contribution in [0.2, 0.25) is 0 Å². The van der Waals surface area contributed by atoms with Gasteiger partial charge in [-0.1, -0.05) is 0 Å². The first kappa shape index (κ1) is 16.1. The second-order valence-electron chi connectivity index (χ2n) is 7.27. The van der Waals surface area contributed by atoms with Gasteiger partial charge in [-0.3, -0.25) is 9.78 Å². The second kappa shape index (κ2) is 5.97. The van der Waals surface area contributed by atoms with Crippen molar-refractivity contribution >= 4 is 28.3 Å². The second-order valence-corrected chi connectivity index (χ2v) is 7.27. The number of fused-ring (bicyclic) bond motifs is 1. The summed E-state index contributed by atoms with van der Waals surface area (Å²) in [5, 5.41) is 4.21. The molecule has 2 saturated carbocycles. The van der Waals surface area contributed by atoms with Gasteiger partial charge in [0.1, 0.15) is 17.8 Å². The Hall–Kier alpha value is -3.09. The van der Waals surface area contributed by atoms with E-state index in [0.29, 0.717) is 22.9 Å². The predicted molar refractivity (Wildman–Crippen MR) is 101 cm³/mol. The molecule has 3 aromatic heterocycles. The fourth-order valence-corrected chi connectivity index (χ4v) is 3.40. The summed E-state index contributed by atoms with van der Waals surface area (Å²) in [6.07, 6.45) is 6.80. The number of rotatable bonds is 4. The maximum Gasteiger partial charge on any atom is 0.231 e. The van der Waals surface area contributed by atoms with E-state index in [0.717, 1.165) is 16.6 Å². The maximum atomic E-state index is 13.1. The van der Waals surface area contributed by atoms with Gasteiger partial charge in [0.2, 0.25) is 5.91 Å². The molecule has 0 saturated heterocycles. The zero-order chi connectivity index (χ0) is 18.5. The summed E-state index contributed by atoms with van der Waals surface area (Å²) >= 11 is 0. The molecule has 6 nitrogen and oxygen atoms in total. The lowest BCUT2D eigenvalue weighted by Gasteiger charge is -2.11. The maximum absolute atomic E-state index is 13.1. The largest absolute Gasteiger partial charge is 0.383 e. The van der Waals surface area contributed by atoms with Gasteiger partial charge >= 0.3 is 0 Å². The molecule has 0 aromatic carbocycles. The molecule has 0 bridgehead atoms. The highest BCUT2D eigenvalue weighted by Crippen LogP contribution is 2.44. The van der Waals surface area contributed by atoms with Crippen LogP contribution in [0.1, 0.15) is 30.7 Å². The summed E-state index contributed by atoms with van der Waals surface area (Å²) in [5.41, 5.74) is 9.13. The number of alkyl halides is 1. The first-order chi connectivity index (χ1) is 13.1. The van der Waals surface area contributed by atoms with Crippen molar-refractivity contribution in [3.8, 4) is 11.3 Å². The number of hydrogen-bond acceptors (Lipinski definition) is 5. The SMILES string of the molecule is Nc1nc(-c2cnccc2C2CC2)cc2cc(NC(=O)[C@@H]3C[C@@H]3F)ncc12. The fraction of sp³-hybridized carbons (Fsp3) is 0.300. The van der Waals surface area contributed by atoms with E-state index in [-0.39, 0.29) is 12.3 Å². The number of nitrogens with two attached hydrogens (primary N) is 1. The Bertz CT molecular complexity index is 1070. The van der Waals surface area contributed by atoms with Gasteiger partial charge in [0.25, 0.3) is 0 Å². The van der Waals surface area contributed by atoms with Gasteiger partial charge < -0.3 is 11.1 Å². The molecule has 2 aliphatic rings. The molecule has 3 N–H and O–H groups in total. The molecule has 2 fully saturated rings. The number of halogens is 1. The van der Waals surface area contributed by atoms with Crippen molar-refractivity contribution in [2.45, 2.75) is 31.4 Å². The minimum atomic E-state index is -1.04. The highest BCUT2D eigenvalue weighted by Gasteiger charge is 2.43. The fourth-order valence-electron chi connectivity index (χ4n) is 3.40. The zero-order valence-electron chi connectivity index (χ0n) is 14.5. The van der Waals surface area contributed by atoms with E-state index in [4.69, 9.17) is 5.73 Å². The van der Waals surface area contributed by atoms with Crippen molar-refractivity contribution < 1.29 is 9.18 Å². The van der Waals surface area contributed by atoms with Crippen molar-refractivity contribution in [3.63, 3.8) is 0 Å². The molecule has 2 atom stereocenters. The van der Waals surface area contributed by atoms with E-state index in [1.54, 1.807) is 18.5 Å². The third-order valence-electron chi connectivity index (χ3n) is 5.19. The Morgan fingerprint density at radius 1 is 1.26 bits per heavy atom. The third-order valence-corrected chi connectivity index (χ3v) is 5.19. The molecule has 0 unspecified atom stereocenters. The van der Waals surface area contributed by atoms with Crippen LogP contribution < -0.4 is 11.1 Å². The standard InChI is InChI=1S/C20H18FN5O/c21-16-7-13(16)20(27)26-18-6-11-5-17(25-19(22)14(11)9-24-18)15-8-23-4-3-12(15)10-1-2-10/h3-6,8-10,13,16H,1-2,7H2,(H2,22,25)(H,24,26,27)/t13-,16+/m1/s1. The smallest absolute Gasteiger partial charge is 0.231 e. The normalized spacial score (nSPS) is 21.2. The van der Waals surface area contributed by atoms with Crippen LogP contribution in [0.4, 0.5) is 16.0 Å². The van der Waals surface area contributed by atoms with E-state index in [2.05, 4.69) is 20.3 Å². The average molecular weight is 363 g/mol. The molecule has 3 aromatic rings. The molecule has 3 heterocycles. The number of anilines is 2. The lowest BCUT2D eigenvalue weighted by Crippen LogP contribution is -2.15. The molecule has 27 heavy (non-hydrogen) atoms. The summed E-state index contributed by atoms with van der Waals surface area (Å²) in [7, 11) is 0. The molecular weight excluding hydrogens is 345 g/mol. The van der Waals surface area contributed by atoms with Crippen LogP contribution in [-0.2, 0) is 4.79 Å². The molecule has 7 heteroatoms. The van der Waals surface area contributed by atoms with Gasteiger partial charge in [0, 0.05) is 29.5 Å². The Kier molecular flexibility index (Phi) is 3.56. The van der Waals surface area contributed by atoms with Crippen molar-refractivity contribution in [1.29, 1.82) is 0 Å². The van der Waals surface area contributed by atoms with E-state index in [9.17, 15) is 9.18 Å². The number of carbonyl (C=O) groups excluding carboxylic acids is 1. The summed E-state index contributed by atoms with van der Waals surface area (Å²) in [5.74, 6) is 0.430. The molecule has 0 spiro atoms. The van der Waals surface area contributed by atoms with Gasteiger partial charge in [0.05, 0.1) is 11.6 Å². The number of nitrogens with one attached hydrogen (secondary N) is 1. The summed E-state index contributed by atoms with van der Waals surface area (Å²) in [6.45, 7) is 0. The number of carbonyl (C=O) groups is 1. The van der Waals surface area contributed by atoms with E-state index in [1.165, 1.54) is 18.4 Å². The summed E-state index contributed by atoms with van der Waals surface area (Å²) in [4.78, 5) is 25.0. The van der Waals surface area contributed by atoms with Crippen LogP contribution in [0.5, 0.6) is 0 Å². The molecular formula is C20H18FN5O. The number of amides is 1. The lowest BCUT2D eigenvalue weighted by atomic mass is 10.0. The van der Waals surface area contributed by atoms with Gasteiger partial charge in [-0.05, 0) is 54.3 Å². The minimum Gasteiger partial charge on any atom is -0.383 e. The van der Waals surface area contributed by atoms with E-state index < -0.39 is 12.1 Å². The summed E-state index contributed by atoms with van der Waals surface area (Å²) < 4.78 is 13.1. The Balaban J connectivity index is 1.54. The first-order valence-corrected chi connectivity index (χ1v) is 9.05. The number of nitrogen functional groups attached to an aromatic ring is 1. The van der Waals surface area contributed by atoms with Crippen molar-refractivity contribution in [2.24, 2.45) is 5.92 Å². The lowest BCUT2D eigenvalue weighted by molar-refractivity contribution is -0.117. The van der Waals surface area contributed by atoms with Crippen LogP contribution in [0.25, 0.3) is 22.0 Å². The topological polar surface area (TPSA) is 93.8 Å². The first-order valence-electron chi connectivity index (χ1n) is 9.05. The summed E-state index contributed by atoms with van der Waals surface area (Å²) in [6, 6.07) is 5.72. The van der Waals surface area contributed by atoms with Gasteiger partial charge in [0.15, 0.2) is 0 Å². The van der Waals surface area contributed by atoms with Crippen molar-refractivity contribution in [3.05, 3.63) is 42.4 Å². The average Bonchev–Trinajstić information content (AvgIpc) is 3.57.